The fourth-order valence-electron chi connectivity index (χ4n) is 1.15. The van der Waals surface area contributed by atoms with Gasteiger partial charge < -0.3 is 0 Å². The van der Waals surface area contributed by atoms with Gasteiger partial charge in [-0.05, 0) is 25.0 Å². The average Bonchev–Trinajstić information content (AvgIpc) is 2.26. The van der Waals surface area contributed by atoms with Gasteiger partial charge in [-0.1, -0.05) is 31.5 Å². The largest absolute Gasteiger partial charge is 0.278 e. The molecule has 0 amide bonds. The van der Waals surface area contributed by atoms with Crippen molar-refractivity contribution in [3.63, 3.8) is 0 Å². The van der Waals surface area contributed by atoms with Crippen LogP contribution in [0.15, 0.2) is 34.3 Å². The van der Waals surface area contributed by atoms with Crippen molar-refractivity contribution in [1.29, 1.82) is 0 Å². The summed E-state index contributed by atoms with van der Waals surface area (Å²) in [7, 11) is -2.08. The molecule has 1 rings (SSSR count). The number of hydrogen-bond donors (Lipinski definition) is 0. The number of sulfonamides is 1. The Hall–Kier alpha value is -1.36. The monoisotopic (exact) mass is 254 g/mol. The molecule has 0 aliphatic rings. The van der Waals surface area contributed by atoms with Crippen LogP contribution in [0.25, 0.3) is 0 Å². The molecule has 4 nitrogen and oxygen atoms in total. The van der Waals surface area contributed by atoms with E-state index in [2.05, 4.69) is 5.10 Å². The van der Waals surface area contributed by atoms with E-state index in [1.54, 1.807) is 30.5 Å². The zero-order chi connectivity index (χ0) is 13.1. The van der Waals surface area contributed by atoms with E-state index in [4.69, 9.17) is 0 Å². The van der Waals surface area contributed by atoms with Crippen molar-refractivity contribution >= 4 is 16.2 Å². The van der Waals surface area contributed by atoms with E-state index >= 15 is 0 Å². The van der Waals surface area contributed by atoms with Gasteiger partial charge in [0.05, 0.1) is 4.90 Å². The molecule has 94 valence electrons. The van der Waals surface area contributed by atoms with Gasteiger partial charge in [0.25, 0.3) is 10.0 Å². The summed E-state index contributed by atoms with van der Waals surface area (Å²) in [5, 5.41) is 3.91. The van der Waals surface area contributed by atoms with Gasteiger partial charge in [0.15, 0.2) is 0 Å². The maximum absolute atomic E-state index is 12.1. The third kappa shape index (κ3) is 3.56. The first-order chi connectivity index (χ1) is 7.84. The van der Waals surface area contributed by atoms with E-state index in [1.165, 1.54) is 7.05 Å². The van der Waals surface area contributed by atoms with E-state index in [9.17, 15) is 8.42 Å². The minimum absolute atomic E-state index is 0.214. The number of nitrogens with zero attached hydrogens (tertiary/aromatic N) is 2. The molecule has 0 fully saturated rings. The number of rotatable bonds is 4. The first-order valence-corrected chi connectivity index (χ1v) is 6.87. The Morgan fingerprint density at radius 3 is 2.24 bits per heavy atom. The number of aryl methyl sites for hydroxylation is 1. The second-order valence-electron chi connectivity index (χ2n) is 4.26. The molecule has 5 heteroatoms. The molecule has 0 spiro atoms. The Kier molecular flexibility index (Phi) is 4.28. The van der Waals surface area contributed by atoms with E-state index < -0.39 is 10.0 Å². The summed E-state index contributed by atoms with van der Waals surface area (Å²) in [4.78, 5) is 0.256. The average molecular weight is 254 g/mol. The summed E-state index contributed by atoms with van der Waals surface area (Å²) in [6.45, 7) is 5.79. The SMILES string of the molecule is Cc1ccc(S(=O)(=O)N(C)N=CC(C)C)cc1. The van der Waals surface area contributed by atoms with E-state index in [0.717, 1.165) is 9.98 Å². The first-order valence-electron chi connectivity index (χ1n) is 5.43. The maximum atomic E-state index is 12.1. The molecule has 0 heterocycles. The standard InChI is InChI=1S/C12H18N2O2S/c1-10(2)9-13-14(4)17(15,16)12-7-5-11(3)6-8-12/h5-10H,1-4H3. The van der Waals surface area contributed by atoms with Crippen molar-refractivity contribution in [3.8, 4) is 0 Å². The predicted octanol–water partition coefficient (Wildman–Crippen LogP) is 2.26. The Labute approximate surface area is 103 Å². The molecular weight excluding hydrogens is 236 g/mol. The molecule has 0 radical (unpaired) electrons. The second-order valence-corrected chi connectivity index (χ2v) is 6.21. The first kappa shape index (κ1) is 13.7. The Morgan fingerprint density at radius 2 is 1.76 bits per heavy atom. The lowest BCUT2D eigenvalue weighted by Crippen LogP contribution is -2.22. The van der Waals surface area contributed by atoms with Gasteiger partial charge in [-0.2, -0.15) is 17.9 Å². The summed E-state index contributed by atoms with van der Waals surface area (Å²) in [5.74, 6) is 0.214. The Bertz CT molecular complexity index is 490. The number of benzene rings is 1. The molecule has 0 aliphatic heterocycles. The Morgan fingerprint density at radius 1 is 1.24 bits per heavy atom. The van der Waals surface area contributed by atoms with Gasteiger partial charge >= 0.3 is 0 Å². The number of hydrazone groups is 1. The van der Waals surface area contributed by atoms with Crippen LogP contribution in [0.3, 0.4) is 0 Å². The minimum atomic E-state index is -3.52. The second kappa shape index (κ2) is 5.31. The summed E-state index contributed by atoms with van der Waals surface area (Å²) in [6, 6.07) is 6.72. The van der Waals surface area contributed by atoms with Crippen LogP contribution < -0.4 is 0 Å². The summed E-state index contributed by atoms with van der Waals surface area (Å²) in [5.41, 5.74) is 1.03. The molecule has 0 N–H and O–H groups in total. The third-order valence-electron chi connectivity index (χ3n) is 2.19. The lowest BCUT2D eigenvalue weighted by atomic mass is 10.2. The van der Waals surface area contributed by atoms with Crippen molar-refractivity contribution in [2.75, 3.05) is 7.05 Å². The van der Waals surface area contributed by atoms with Crippen LogP contribution in [-0.2, 0) is 10.0 Å². The fraction of sp³-hybridized carbons (Fsp3) is 0.417. The molecule has 0 unspecified atom stereocenters. The molecule has 0 aromatic heterocycles. The zero-order valence-electron chi connectivity index (χ0n) is 10.6. The van der Waals surface area contributed by atoms with Crippen molar-refractivity contribution < 1.29 is 8.42 Å². The van der Waals surface area contributed by atoms with Crippen molar-refractivity contribution in [3.05, 3.63) is 29.8 Å². The van der Waals surface area contributed by atoms with Crippen molar-refractivity contribution in [2.45, 2.75) is 25.7 Å². The highest BCUT2D eigenvalue weighted by atomic mass is 32.2. The fourth-order valence-corrected chi connectivity index (χ4v) is 2.12. The normalized spacial score (nSPS) is 12.3. The highest BCUT2D eigenvalue weighted by molar-refractivity contribution is 7.89. The van der Waals surface area contributed by atoms with E-state index in [-0.39, 0.29) is 10.8 Å². The third-order valence-corrected chi connectivity index (χ3v) is 3.85. The molecule has 1 aromatic rings. The lowest BCUT2D eigenvalue weighted by molar-refractivity contribution is 0.489. The van der Waals surface area contributed by atoms with Crippen LogP contribution in [0.2, 0.25) is 0 Å². The van der Waals surface area contributed by atoms with Crippen molar-refractivity contribution in [1.82, 2.24) is 4.41 Å². The molecule has 0 saturated heterocycles. The van der Waals surface area contributed by atoms with Gasteiger partial charge in [0.1, 0.15) is 0 Å². The van der Waals surface area contributed by atoms with Crippen molar-refractivity contribution in [2.24, 2.45) is 11.0 Å². The highest BCUT2D eigenvalue weighted by Gasteiger charge is 2.18. The van der Waals surface area contributed by atoms with Crippen LogP contribution in [0.1, 0.15) is 19.4 Å². The smallest absolute Gasteiger partial charge is 0.200 e. The molecule has 1 aromatic carbocycles. The molecule has 17 heavy (non-hydrogen) atoms. The molecule has 0 bridgehead atoms. The Balaban J connectivity index is 2.99. The summed E-state index contributed by atoms with van der Waals surface area (Å²) < 4.78 is 25.1. The topological polar surface area (TPSA) is 49.7 Å². The van der Waals surface area contributed by atoms with E-state index in [1.807, 2.05) is 20.8 Å². The van der Waals surface area contributed by atoms with Crippen LogP contribution in [-0.4, -0.2) is 26.1 Å². The van der Waals surface area contributed by atoms with Crippen LogP contribution in [0.4, 0.5) is 0 Å². The lowest BCUT2D eigenvalue weighted by Gasteiger charge is -2.14. The molecule has 0 saturated carbocycles. The van der Waals surface area contributed by atoms with E-state index in [0.29, 0.717) is 0 Å². The van der Waals surface area contributed by atoms with Crippen LogP contribution in [0, 0.1) is 12.8 Å². The van der Waals surface area contributed by atoms with Gasteiger partial charge in [0, 0.05) is 13.3 Å². The maximum Gasteiger partial charge on any atom is 0.278 e. The summed E-state index contributed by atoms with van der Waals surface area (Å²) in [6.07, 6.45) is 1.60. The van der Waals surface area contributed by atoms with Gasteiger partial charge in [-0.3, -0.25) is 0 Å². The van der Waals surface area contributed by atoms with Crippen LogP contribution in [0.5, 0.6) is 0 Å². The molecule has 0 aliphatic carbocycles. The zero-order valence-corrected chi connectivity index (χ0v) is 11.4. The summed E-state index contributed by atoms with van der Waals surface area (Å²) >= 11 is 0. The molecule has 0 atom stereocenters. The number of hydrogen-bond acceptors (Lipinski definition) is 3. The van der Waals surface area contributed by atoms with Crippen LogP contribution >= 0.6 is 0 Å². The predicted molar refractivity (Wildman–Crippen MR) is 69.5 cm³/mol. The minimum Gasteiger partial charge on any atom is -0.200 e. The van der Waals surface area contributed by atoms with Gasteiger partial charge in [-0.25, -0.2) is 0 Å². The highest BCUT2D eigenvalue weighted by Crippen LogP contribution is 2.15. The quantitative estimate of drug-likeness (QED) is 0.611. The van der Waals surface area contributed by atoms with Gasteiger partial charge in [-0.15, -0.1) is 0 Å². The van der Waals surface area contributed by atoms with Gasteiger partial charge in [0.2, 0.25) is 0 Å². The molecular formula is C12H18N2O2S.